The second-order valence-corrected chi connectivity index (χ2v) is 6.60. The predicted molar refractivity (Wildman–Crippen MR) is 104 cm³/mol. The number of aromatic amines is 2. The molecule has 0 amide bonds. The van der Waals surface area contributed by atoms with Crippen molar-refractivity contribution in [2.75, 3.05) is 6.61 Å². The molecule has 1 aliphatic heterocycles. The van der Waals surface area contributed by atoms with E-state index in [9.17, 15) is 9.59 Å². The van der Waals surface area contributed by atoms with Crippen molar-refractivity contribution in [1.29, 1.82) is 0 Å². The molecule has 27 heavy (non-hydrogen) atoms. The van der Waals surface area contributed by atoms with Gasteiger partial charge in [0.1, 0.15) is 17.6 Å². The number of H-pyrrole nitrogens is 2. The quantitative estimate of drug-likeness (QED) is 0.536. The molecule has 2 aromatic carbocycles. The SMILES string of the molecule is CCOc1cc2c(cc1C=CC(=O)c1ccc3[nH]c(=O)[nH]c3c1)OC(C)C2. The van der Waals surface area contributed by atoms with Gasteiger partial charge in [0, 0.05) is 23.1 Å². The van der Waals surface area contributed by atoms with E-state index in [-0.39, 0.29) is 17.6 Å². The topological polar surface area (TPSA) is 84.2 Å². The fraction of sp³-hybridized carbons (Fsp3) is 0.238. The van der Waals surface area contributed by atoms with Crippen molar-refractivity contribution in [2.24, 2.45) is 0 Å². The van der Waals surface area contributed by atoms with E-state index in [0.29, 0.717) is 23.2 Å². The molecule has 1 unspecified atom stereocenters. The van der Waals surface area contributed by atoms with Crippen LogP contribution in [0.3, 0.4) is 0 Å². The van der Waals surface area contributed by atoms with Gasteiger partial charge in [-0.2, -0.15) is 0 Å². The number of hydrogen-bond donors (Lipinski definition) is 2. The van der Waals surface area contributed by atoms with Gasteiger partial charge >= 0.3 is 5.69 Å². The van der Waals surface area contributed by atoms with Crippen molar-refractivity contribution < 1.29 is 14.3 Å². The molecule has 6 heteroatoms. The molecule has 1 aromatic heterocycles. The monoisotopic (exact) mass is 364 g/mol. The van der Waals surface area contributed by atoms with Crippen molar-refractivity contribution in [3.8, 4) is 11.5 Å². The molecule has 0 aliphatic carbocycles. The van der Waals surface area contributed by atoms with Crippen LogP contribution in [-0.4, -0.2) is 28.5 Å². The molecular formula is C21H20N2O4. The van der Waals surface area contributed by atoms with Gasteiger partial charge in [-0.05, 0) is 56.3 Å². The van der Waals surface area contributed by atoms with Crippen molar-refractivity contribution in [3.63, 3.8) is 0 Å². The number of benzene rings is 2. The molecule has 2 heterocycles. The number of imidazole rings is 1. The summed E-state index contributed by atoms with van der Waals surface area (Å²) in [5, 5.41) is 0. The van der Waals surface area contributed by atoms with Gasteiger partial charge in [0.05, 0.1) is 17.6 Å². The first-order valence-corrected chi connectivity index (χ1v) is 8.94. The molecule has 4 rings (SSSR count). The number of carbonyl (C=O) groups is 1. The Morgan fingerprint density at radius 3 is 2.89 bits per heavy atom. The molecular weight excluding hydrogens is 344 g/mol. The van der Waals surface area contributed by atoms with Crippen molar-refractivity contribution >= 4 is 22.9 Å². The minimum atomic E-state index is -0.293. The summed E-state index contributed by atoms with van der Waals surface area (Å²) in [6.07, 6.45) is 4.25. The van der Waals surface area contributed by atoms with Gasteiger partial charge in [0.2, 0.25) is 0 Å². The second kappa shape index (κ2) is 6.79. The normalized spacial score (nSPS) is 15.9. The summed E-state index contributed by atoms with van der Waals surface area (Å²) in [6.45, 7) is 4.50. The Balaban J connectivity index is 1.63. The smallest absolute Gasteiger partial charge is 0.323 e. The standard InChI is InChI=1S/C21H20N2O4/c1-3-26-19-11-15-8-12(2)27-20(15)10-14(19)5-7-18(24)13-4-6-16-17(9-13)23-21(25)22-16/h4-7,9-12H,3,8H2,1-2H3,(H2,22,23,25). The van der Waals surface area contributed by atoms with Crippen LogP contribution < -0.4 is 15.2 Å². The number of allylic oxidation sites excluding steroid dienone is 1. The highest BCUT2D eigenvalue weighted by Gasteiger charge is 2.21. The van der Waals surface area contributed by atoms with Crippen LogP contribution in [0.15, 0.2) is 41.2 Å². The van der Waals surface area contributed by atoms with E-state index in [4.69, 9.17) is 9.47 Å². The number of carbonyl (C=O) groups excluding carboxylic acids is 1. The van der Waals surface area contributed by atoms with Crippen LogP contribution in [0.5, 0.6) is 11.5 Å². The summed E-state index contributed by atoms with van der Waals surface area (Å²) in [5.74, 6) is 1.42. The third kappa shape index (κ3) is 3.38. The van der Waals surface area contributed by atoms with Gasteiger partial charge in [0.25, 0.3) is 0 Å². The Bertz CT molecular complexity index is 1110. The lowest BCUT2D eigenvalue weighted by Gasteiger charge is -2.10. The highest BCUT2D eigenvalue weighted by atomic mass is 16.5. The summed E-state index contributed by atoms with van der Waals surface area (Å²) in [7, 11) is 0. The van der Waals surface area contributed by atoms with E-state index >= 15 is 0 Å². The third-order valence-corrected chi connectivity index (χ3v) is 4.54. The number of fused-ring (bicyclic) bond motifs is 2. The average Bonchev–Trinajstić information content (AvgIpc) is 3.18. The Labute approximate surface area is 155 Å². The number of nitrogens with one attached hydrogen (secondary N) is 2. The van der Waals surface area contributed by atoms with Gasteiger partial charge in [-0.1, -0.05) is 0 Å². The van der Waals surface area contributed by atoms with Gasteiger partial charge in [-0.25, -0.2) is 4.79 Å². The summed E-state index contributed by atoms with van der Waals surface area (Å²) in [6, 6.07) is 8.97. The van der Waals surface area contributed by atoms with Crippen LogP contribution in [0.4, 0.5) is 0 Å². The van der Waals surface area contributed by atoms with Crippen LogP contribution in [0, 0.1) is 0 Å². The van der Waals surface area contributed by atoms with Crippen LogP contribution in [0.1, 0.15) is 35.3 Å². The zero-order valence-electron chi connectivity index (χ0n) is 15.2. The maximum Gasteiger partial charge on any atom is 0.323 e. The van der Waals surface area contributed by atoms with E-state index in [1.165, 1.54) is 6.08 Å². The first-order chi connectivity index (χ1) is 13.0. The number of ether oxygens (including phenoxy) is 2. The second-order valence-electron chi connectivity index (χ2n) is 6.60. The minimum Gasteiger partial charge on any atom is -0.493 e. The minimum absolute atomic E-state index is 0.144. The molecule has 0 saturated carbocycles. The fourth-order valence-electron chi connectivity index (χ4n) is 3.31. The maximum atomic E-state index is 12.6. The summed E-state index contributed by atoms with van der Waals surface area (Å²) in [4.78, 5) is 29.2. The maximum absolute atomic E-state index is 12.6. The summed E-state index contributed by atoms with van der Waals surface area (Å²) < 4.78 is 11.5. The number of ketones is 1. The van der Waals surface area contributed by atoms with Gasteiger partial charge in [0.15, 0.2) is 5.78 Å². The van der Waals surface area contributed by atoms with Crippen LogP contribution in [0.2, 0.25) is 0 Å². The molecule has 0 fully saturated rings. The number of hydrogen-bond acceptors (Lipinski definition) is 4. The van der Waals surface area contributed by atoms with Gasteiger partial charge in [-0.15, -0.1) is 0 Å². The van der Waals surface area contributed by atoms with E-state index < -0.39 is 0 Å². The molecule has 2 N–H and O–H groups in total. The van der Waals surface area contributed by atoms with Crippen molar-refractivity contribution in [2.45, 2.75) is 26.4 Å². The molecule has 1 aliphatic rings. The van der Waals surface area contributed by atoms with Crippen LogP contribution >= 0.6 is 0 Å². The van der Waals surface area contributed by atoms with Crippen molar-refractivity contribution in [3.05, 3.63) is 63.6 Å². The van der Waals surface area contributed by atoms with Crippen LogP contribution in [-0.2, 0) is 6.42 Å². The zero-order chi connectivity index (χ0) is 19.0. The lowest BCUT2D eigenvalue weighted by Crippen LogP contribution is -2.05. The van der Waals surface area contributed by atoms with Gasteiger partial charge < -0.3 is 19.4 Å². The zero-order valence-corrected chi connectivity index (χ0v) is 15.2. The summed E-state index contributed by atoms with van der Waals surface area (Å²) in [5.41, 5.74) is 3.40. The first kappa shape index (κ1) is 17.1. The Hall–Kier alpha value is -3.28. The lowest BCUT2D eigenvalue weighted by molar-refractivity contribution is 0.104. The Morgan fingerprint density at radius 2 is 2.07 bits per heavy atom. The Kier molecular flexibility index (Phi) is 4.32. The molecule has 1 atom stereocenters. The van der Waals surface area contributed by atoms with Crippen LogP contribution in [0.25, 0.3) is 17.1 Å². The predicted octanol–water partition coefficient (Wildman–Crippen LogP) is 3.47. The molecule has 138 valence electrons. The molecule has 0 bridgehead atoms. The van der Waals surface area contributed by atoms with E-state index in [1.54, 1.807) is 24.3 Å². The highest BCUT2D eigenvalue weighted by molar-refractivity contribution is 6.08. The highest BCUT2D eigenvalue weighted by Crippen LogP contribution is 2.35. The molecule has 3 aromatic rings. The first-order valence-electron chi connectivity index (χ1n) is 8.94. The Morgan fingerprint density at radius 1 is 1.26 bits per heavy atom. The van der Waals surface area contributed by atoms with Gasteiger partial charge in [-0.3, -0.25) is 4.79 Å². The number of rotatable bonds is 5. The lowest BCUT2D eigenvalue weighted by atomic mass is 10.0. The molecule has 6 nitrogen and oxygen atoms in total. The third-order valence-electron chi connectivity index (χ3n) is 4.54. The fourth-order valence-corrected chi connectivity index (χ4v) is 3.31. The van der Waals surface area contributed by atoms with E-state index in [0.717, 1.165) is 29.0 Å². The van der Waals surface area contributed by atoms with E-state index in [2.05, 4.69) is 9.97 Å². The summed E-state index contributed by atoms with van der Waals surface area (Å²) >= 11 is 0. The molecule has 0 saturated heterocycles. The number of aromatic nitrogens is 2. The largest absolute Gasteiger partial charge is 0.493 e. The van der Waals surface area contributed by atoms with Crippen molar-refractivity contribution in [1.82, 2.24) is 9.97 Å². The molecule has 0 spiro atoms. The average molecular weight is 364 g/mol. The van der Waals surface area contributed by atoms with E-state index in [1.807, 2.05) is 26.0 Å². The molecule has 0 radical (unpaired) electrons.